The van der Waals surface area contributed by atoms with Crippen molar-refractivity contribution in [2.75, 3.05) is 0 Å². The van der Waals surface area contributed by atoms with E-state index < -0.39 is 0 Å². The van der Waals surface area contributed by atoms with Crippen LogP contribution in [0.25, 0.3) is 0 Å². The molecule has 1 aliphatic carbocycles. The summed E-state index contributed by atoms with van der Waals surface area (Å²) in [5.74, 6) is 0.554. The van der Waals surface area contributed by atoms with Crippen molar-refractivity contribution in [2.24, 2.45) is 5.92 Å². The van der Waals surface area contributed by atoms with Crippen LogP contribution in [0.2, 0.25) is 5.15 Å². The van der Waals surface area contributed by atoms with Crippen LogP contribution in [0.1, 0.15) is 17.7 Å². The average Bonchev–Trinajstić information content (AvgIpc) is 2.18. The first-order valence-electron chi connectivity index (χ1n) is 4.42. The van der Waals surface area contributed by atoms with Gasteiger partial charge in [-0.1, -0.05) is 17.7 Å². The second kappa shape index (κ2) is 3.46. The molecule has 2 rings (SSSR count). The smallest absolute Gasteiger partial charge is 0.135 e. The minimum Gasteiger partial charge on any atom is -0.241 e. The van der Waals surface area contributed by atoms with E-state index in [0.717, 1.165) is 30.5 Å². The Labute approximate surface area is 82.7 Å². The van der Waals surface area contributed by atoms with Gasteiger partial charge in [-0.3, -0.25) is 0 Å². The lowest BCUT2D eigenvalue weighted by atomic mass is 9.88. The average molecular weight is 195 g/mol. The zero-order valence-electron chi connectivity index (χ0n) is 7.33. The summed E-state index contributed by atoms with van der Waals surface area (Å²) in [6.07, 6.45) is 6.59. The number of halogens is 1. The molecule has 68 valence electrons. The van der Waals surface area contributed by atoms with Gasteiger partial charge in [0.25, 0.3) is 0 Å². The van der Waals surface area contributed by atoms with Crippen LogP contribution in [0.4, 0.5) is 0 Å². The first kappa shape index (κ1) is 8.70. The number of hydrogen-bond acceptors (Lipinski definition) is 2. The molecule has 0 fully saturated rings. The Morgan fingerprint density at radius 3 is 3.15 bits per heavy atom. The molecule has 0 saturated carbocycles. The van der Waals surface area contributed by atoms with Gasteiger partial charge in [-0.15, -0.1) is 6.58 Å². The summed E-state index contributed by atoms with van der Waals surface area (Å²) in [4.78, 5) is 8.21. The molecule has 1 atom stereocenters. The maximum Gasteiger partial charge on any atom is 0.135 e. The highest BCUT2D eigenvalue weighted by Gasteiger charge is 2.19. The molecule has 0 aliphatic heterocycles. The van der Waals surface area contributed by atoms with Crippen molar-refractivity contribution in [1.82, 2.24) is 9.97 Å². The number of nitrogens with zero attached hydrogens (tertiary/aromatic N) is 2. The van der Waals surface area contributed by atoms with E-state index in [1.807, 2.05) is 6.08 Å². The Balaban J connectivity index is 2.36. The van der Waals surface area contributed by atoms with E-state index in [0.29, 0.717) is 11.1 Å². The largest absolute Gasteiger partial charge is 0.241 e. The first-order chi connectivity index (χ1) is 6.31. The molecule has 0 aromatic carbocycles. The Morgan fingerprint density at radius 1 is 1.54 bits per heavy atom. The number of rotatable bonds is 1. The van der Waals surface area contributed by atoms with E-state index in [1.54, 1.807) is 0 Å². The summed E-state index contributed by atoms with van der Waals surface area (Å²) in [6, 6.07) is 0. The Morgan fingerprint density at radius 2 is 2.38 bits per heavy atom. The number of fused-ring (bicyclic) bond motifs is 1. The van der Waals surface area contributed by atoms with Crippen molar-refractivity contribution in [3.8, 4) is 0 Å². The van der Waals surface area contributed by atoms with Crippen molar-refractivity contribution >= 4 is 11.6 Å². The number of allylic oxidation sites excluding steroid dienone is 1. The molecule has 0 N–H and O–H groups in total. The highest BCUT2D eigenvalue weighted by Crippen LogP contribution is 2.27. The molecule has 0 radical (unpaired) electrons. The maximum absolute atomic E-state index is 5.96. The van der Waals surface area contributed by atoms with Crippen LogP contribution in [0.15, 0.2) is 19.0 Å². The van der Waals surface area contributed by atoms with Crippen molar-refractivity contribution in [2.45, 2.75) is 19.3 Å². The fourth-order valence-corrected chi connectivity index (χ4v) is 1.98. The van der Waals surface area contributed by atoms with E-state index >= 15 is 0 Å². The third-order valence-corrected chi connectivity index (χ3v) is 2.86. The lowest BCUT2D eigenvalue weighted by molar-refractivity contribution is 0.540. The van der Waals surface area contributed by atoms with Gasteiger partial charge in [-0.25, -0.2) is 9.97 Å². The van der Waals surface area contributed by atoms with Gasteiger partial charge in [0, 0.05) is 11.3 Å². The second-order valence-electron chi connectivity index (χ2n) is 3.33. The Kier molecular flexibility index (Phi) is 2.32. The fourth-order valence-electron chi connectivity index (χ4n) is 1.73. The molecule has 0 amide bonds. The first-order valence-corrected chi connectivity index (χ1v) is 4.80. The highest BCUT2D eigenvalue weighted by molar-refractivity contribution is 6.30. The van der Waals surface area contributed by atoms with Crippen LogP contribution in [-0.2, 0) is 12.8 Å². The fraction of sp³-hybridized carbons (Fsp3) is 0.400. The standard InChI is InChI=1S/C10H11ClN2/c1-2-7-3-4-8-9(5-7)12-6-13-10(8)11/h2,6-7H,1,3-5H2. The normalized spacial score (nSPS) is 20.8. The van der Waals surface area contributed by atoms with Crippen LogP contribution >= 0.6 is 11.6 Å². The van der Waals surface area contributed by atoms with Crippen molar-refractivity contribution < 1.29 is 0 Å². The molecule has 1 unspecified atom stereocenters. The third kappa shape index (κ3) is 1.59. The Bertz CT molecular complexity index is 336. The Hall–Kier alpha value is -0.890. The minimum absolute atomic E-state index is 0.554. The molecule has 1 heterocycles. The van der Waals surface area contributed by atoms with E-state index in [-0.39, 0.29) is 0 Å². The molecular formula is C10H11ClN2. The van der Waals surface area contributed by atoms with Gasteiger partial charge in [0.2, 0.25) is 0 Å². The summed E-state index contributed by atoms with van der Waals surface area (Å²) in [5.41, 5.74) is 2.22. The van der Waals surface area contributed by atoms with Crippen molar-refractivity contribution in [1.29, 1.82) is 0 Å². The van der Waals surface area contributed by atoms with Gasteiger partial charge in [0.15, 0.2) is 0 Å². The lowest BCUT2D eigenvalue weighted by Crippen LogP contribution is -2.14. The molecule has 0 spiro atoms. The molecule has 0 bridgehead atoms. The van der Waals surface area contributed by atoms with E-state index in [2.05, 4.69) is 16.5 Å². The molecule has 3 heteroatoms. The molecule has 1 aromatic heterocycles. The summed E-state index contributed by atoms with van der Waals surface area (Å²) < 4.78 is 0. The van der Waals surface area contributed by atoms with Crippen LogP contribution in [-0.4, -0.2) is 9.97 Å². The van der Waals surface area contributed by atoms with E-state index in [4.69, 9.17) is 11.6 Å². The van der Waals surface area contributed by atoms with Crippen LogP contribution in [0, 0.1) is 5.92 Å². The minimum atomic E-state index is 0.554. The molecule has 13 heavy (non-hydrogen) atoms. The van der Waals surface area contributed by atoms with Gasteiger partial charge < -0.3 is 0 Å². The predicted octanol–water partition coefficient (Wildman–Crippen LogP) is 2.42. The molecular weight excluding hydrogens is 184 g/mol. The monoisotopic (exact) mass is 194 g/mol. The quantitative estimate of drug-likeness (QED) is 0.507. The lowest BCUT2D eigenvalue weighted by Gasteiger charge is -2.20. The highest BCUT2D eigenvalue weighted by atomic mass is 35.5. The molecule has 1 aromatic rings. The third-order valence-electron chi connectivity index (χ3n) is 2.54. The number of hydrogen-bond donors (Lipinski definition) is 0. The SMILES string of the molecule is C=CC1CCc2c(Cl)ncnc2C1. The van der Waals surface area contributed by atoms with Crippen LogP contribution in [0.5, 0.6) is 0 Å². The van der Waals surface area contributed by atoms with Gasteiger partial charge in [-0.05, 0) is 25.2 Å². The zero-order chi connectivity index (χ0) is 9.26. The van der Waals surface area contributed by atoms with Gasteiger partial charge in [0.05, 0.1) is 0 Å². The van der Waals surface area contributed by atoms with Crippen molar-refractivity contribution in [3.05, 3.63) is 35.4 Å². The van der Waals surface area contributed by atoms with Gasteiger partial charge in [0.1, 0.15) is 11.5 Å². The van der Waals surface area contributed by atoms with Crippen molar-refractivity contribution in [3.63, 3.8) is 0 Å². The van der Waals surface area contributed by atoms with E-state index in [9.17, 15) is 0 Å². The maximum atomic E-state index is 5.96. The second-order valence-corrected chi connectivity index (χ2v) is 3.69. The predicted molar refractivity (Wildman–Crippen MR) is 52.8 cm³/mol. The molecule has 1 aliphatic rings. The molecule has 2 nitrogen and oxygen atoms in total. The van der Waals surface area contributed by atoms with Gasteiger partial charge >= 0.3 is 0 Å². The zero-order valence-corrected chi connectivity index (χ0v) is 8.09. The summed E-state index contributed by atoms with van der Waals surface area (Å²) in [6.45, 7) is 3.80. The van der Waals surface area contributed by atoms with E-state index in [1.165, 1.54) is 6.33 Å². The topological polar surface area (TPSA) is 25.8 Å². The molecule has 0 saturated heterocycles. The summed E-state index contributed by atoms with van der Waals surface area (Å²) in [5, 5.41) is 0.618. The number of aromatic nitrogens is 2. The van der Waals surface area contributed by atoms with Gasteiger partial charge in [-0.2, -0.15) is 0 Å². The summed E-state index contributed by atoms with van der Waals surface area (Å²) >= 11 is 5.96. The van der Waals surface area contributed by atoms with Crippen LogP contribution in [0.3, 0.4) is 0 Å². The van der Waals surface area contributed by atoms with Crippen LogP contribution < -0.4 is 0 Å². The summed E-state index contributed by atoms with van der Waals surface area (Å²) in [7, 11) is 0.